The van der Waals surface area contributed by atoms with Crippen molar-refractivity contribution in [3.63, 3.8) is 0 Å². The van der Waals surface area contributed by atoms with E-state index in [9.17, 15) is 4.79 Å². The molecule has 4 heteroatoms. The Hall–Kier alpha value is -1.58. The van der Waals surface area contributed by atoms with E-state index in [1.165, 1.54) is 4.52 Å². The number of hydrogen-bond donors (Lipinski definition) is 1. The first-order valence-electron chi connectivity index (χ1n) is 5.70. The van der Waals surface area contributed by atoms with Gasteiger partial charge in [-0.05, 0) is 24.0 Å². The zero-order chi connectivity index (χ0) is 11.7. The molecule has 0 saturated heterocycles. The second-order valence-electron chi connectivity index (χ2n) is 4.52. The third-order valence-electron chi connectivity index (χ3n) is 2.54. The van der Waals surface area contributed by atoms with Crippen LogP contribution in [0.1, 0.15) is 32.2 Å². The normalized spacial score (nSPS) is 11.5. The highest BCUT2D eigenvalue weighted by molar-refractivity contribution is 5.40. The molecule has 1 N–H and O–H groups in total. The standard InChI is InChI=1S/C12H17N3O/c1-4-10-13-11-6-9(5-8(2)3)7-12(16)15(11)14-10/h6-8H,4-5H2,1-3H3,(H,13,14). The maximum Gasteiger partial charge on any atom is 0.271 e. The predicted octanol–water partition coefficient (Wildman–Crippen LogP) is 1.78. The molecule has 0 saturated carbocycles. The van der Waals surface area contributed by atoms with E-state index in [-0.39, 0.29) is 5.56 Å². The predicted molar refractivity (Wildman–Crippen MR) is 63.7 cm³/mol. The molecule has 86 valence electrons. The summed E-state index contributed by atoms with van der Waals surface area (Å²) in [6, 6.07) is 3.67. The van der Waals surface area contributed by atoms with Crippen molar-refractivity contribution in [2.45, 2.75) is 33.6 Å². The Morgan fingerprint density at radius 2 is 2.19 bits per heavy atom. The molecule has 0 fully saturated rings. The minimum Gasteiger partial charge on any atom is -0.276 e. The molecule has 2 aromatic rings. The molecule has 0 aliphatic rings. The average molecular weight is 219 g/mol. The van der Waals surface area contributed by atoms with Crippen molar-refractivity contribution in [2.24, 2.45) is 5.92 Å². The van der Waals surface area contributed by atoms with Crippen LogP contribution >= 0.6 is 0 Å². The second kappa shape index (κ2) is 4.12. The summed E-state index contributed by atoms with van der Waals surface area (Å²) in [7, 11) is 0. The van der Waals surface area contributed by atoms with Crippen molar-refractivity contribution >= 4 is 5.65 Å². The largest absolute Gasteiger partial charge is 0.276 e. The molecule has 0 unspecified atom stereocenters. The SMILES string of the molecule is CCc1nc2cc(CC(C)C)cc(=O)n2[nH]1. The Morgan fingerprint density at radius 1 is 1.44 bits per heavy atom. The zero-order valence-electron chi connectivity index (χ0n) is 9.95. The second-order valence-corrected chi connectivity index (χ2v) is 4.52. The molecule has 16 heavy (non-hydrogen) atoms. The fourth-order valence-corrected chi connectivity index (χ4v) is 1.84. The van der Waals surface area contributed by atoms with Crippen LogP contribution < -0.4 is 5.56 Å². The lowest BCUT2D eigenvalue weighted by Gasteiger charge is -2.03. The minimum atomic E-state index is -0.0275. The van der Waals surface area contributed by atoms with Gasteiger partial charge in [-0.25, -0.2) is 9.50 Å². The van der Waals surface area contributed by atoms with Gasteiger partial charge in [-0.2, -0.15) is 0 Å². The number of nitrogens with zero attached hydrogens (tertiary/aromatic N) is 2. The van der Waals surface area contributed by atoms with Gasteiger partial charge in [-0.1, -0.05) is 20.8 Å². The lowest BCUT2D eigenvalue weighted by molar-refractivity contribution is 0.646. The molecule has 2 aromatic heterocycles. The summed E-state index contributed by atoms with van der Waals surface area (Å²) >= 11 is 0. The average Bonchev–Trinajstić information content (AvgIpc) is 2.60. The molecule has 0 atom stereocenters. The van der Waals surface area contributed by atoms with Crippen LogP contribution in [0, 0.1) is 5.92 Å². The number of H-pyrrole nitrogens is 1. The van der Waals surface area contributed by atoms with Gasteiger partial charge in [-0.3, -0.25) is 9.89 Å². The molecule has 0 amide bonds. The fourth-order valence-electron chi connectivity index (χ4n) is 1.84. The molecular formula is C12H17N3O. The van der Waals surface area contributed by atoms with E-state index in [0.29, 0.717) is 5.92 Å². The van der Waals surface area contributed by atoms with E-state index >= 15 is 0 Å². The van der Waals surface area contributed by atoms with Gasteiger partial charge in [0.25, 0.3) is 5.56 Å². The van der Waals surface area contributed by atoms with Crippen molar-refractivity contribution in [3.8, 4) is 0 Å². The highest BCUT2D eigenvalue weighted by Crippen LogP contribution is 2.08. The van der Waals surface area contributed by atoms with Crippen molar-refractivity contribution in [1.29, 1.82) is 0 Å². The monoisotopic (exact) mass is 219 g/mol. The third-order valence-corrected chi connectivity index (χ3v) is 2.54. The third kappa shape index (κ3) is 2.01. The quantitative estimate of drug-likeness (QED) is 0.855. The number of nitrogens with one attached hydrogen (secondary N) is 1. The van der Waals surface area contributed by atoms with Crippen LogP contribution in [-0.4, -0.2) is 14.6 Å². The van der Waals surface area contributed by atoms with E-state index in [1.807, 2.05) is 13.0 Å². The molecule has 0 aromatic carbocycles. The zero-order valence-corrected chi connectivity index (χ0v) is 9.95. The maximum absolute atomic E-state index is 11.8. The van der Waals surface area contributed by atoms with Gasteiger partial charge < -0.3 is 0 Å². The van der Waals surface area contributed by atoms with Crippen molar-refractivity contribution in [2.75, 3.05) is 0 Å². The van der Waals surface area contributed by atoms with Crippen LogP contribution in [0.3, 0.4) is 0 Å². The smallest absolute Gasteiger partial charge is 0.271 e. The Bertz CT molecular complexity index is 551. The summed E-state index contributed by atoms with van der Waals surface area (Å²) in [6.07, 6.45) is 1.72. The maximum atomic E-state index is 11.8. The number of fused-ring (bicyclic) bond motifs is 1. The highest BCUT2D eigenvalue weighted by atomic mass is 16.1. The Balaban J connectivity index is 2.53. The van der Waals surface area contributed by atoms with Crippen LogP contribution in [-0.2, 0) is 12.8 Å². The van der Waals surface area contributed by atoms with Crippen LogP contribution in [0.15, 0.2) is 16.9 Å². The highest BCUT2D eigenvalue weighted by Gasteiger charge is 2.06. The number of hydrogen-bond acceptors (Lipinski definition) is 2. The molecule has 0 aliphatic heterocycles. The first-order valence-corrected chi connectivity index (χ1v) is 5.70. The summed E-state index contributed by atoms with van der Waals surface area (Å²) in [5.41, 5.74) is 1.76. The number of aromatic amines is 1. The summed E-state index contributed by atoms with van der Waals surface area (Å²) < 4.78 is 1.50. The number of aromatic nitrogens is 3. The van der Waals surface area contributed by atoms with Crippen LogP contribution in [0.25, 0.3) is 5.65 Å². The van der Waals surface area contributed by atoms with Crippen LogP contribution in [0.2, 0.25) is 0 Å². The van der Waals surface area contributed by atoms with Crippen molar-refractivity contribution < 1.29 is 0 Å². The first-order chi connectivity index (χ1) is 7.60. The summed E-state index contributed by atoms with van der Waals surface area (Å²) in [6.45, 7) is 6.30. The van der Waals surface area contributed by atoms with Crippen LogP contribution in [0.4, 0.5) is 0 Å². The number of pyridine rings is 1. The number of aryl methyl sites for hydroxylation is 1. The van der Waals surface area contributed by atoms with Crippen molar-refractivity contribution in [3.05, 3.63) is 33.9 Å². The molecule has 0 bridgehead atoms. The molecule has 2 rings (SSSR count). The van der Waals surface area contributed by atoms with Crippen molar-refractivity contribution in [1.82, 2.24) is 14.6 Å². The Labute approximate surface area is 94.3 Å². The molecule has 0 aliphatic carbocycles. The fraction of sp³-hybridized carbons (Fsp3) is 0.500. The van der Waals surface area contributed by atoms with Gasteiger partial charge in [0.15, 0.2) is 5.65 Å². The minimum absolute atomic E-state index is 0.0275. The number of rotatable bonds is 3. The molecule has 4 nitrogen and oxygen atoms in total. The van der Waals surface area contributed by atoms with Gasteiger partial charge in [0.05, 0.1) is 0 Å². The molecule has 0 radical (unpaired) electrons. The summed E-state index contributed by atoms with van der Waals surface area (Å²) in [4.78, 5) is 16.2. The Morgan fingerprint density at radius 3 is 2.81 bits per heavy atom. The van der Waals surface area contributed by atoms with E-state index in [1.54, 1.807) is 6.07 Å². The van der Waals surface area contributed by atoms with Gasteiger partial charge in [-0.15, -0.1) is 0 Å². The molecule has 0 spiro atoms. The lowest BCUT2D eigenvalue weighted by Crippen LogP contribution is -2.14. The van der Waals surface area contributed by atoms with E-state index in [0.717, 1.165) is 29.9 Å². The van der Waals surface area contributed by atoms with E-state index < -0.39 is 0 Å². The molecule has 2 heterocycles. The van der Waals surface area contributed by atoms with E-state index in [4.69, 9.17) is 0 Å². The van der Waals surface area contributed by atoms with Gasteiger partial charge >= 0.3 is 0 Å². The topological polar surface area (TPSA) is 50.2 Å². The summed E-state index contributed by atoms with van der Waals surface area (Å²) in [5.74, 6) is 1.39. The summed E-state index contributed by atoms with van der Waals surface area (Å²) in [5, 5.41) is 2.99. The Kier molecular flexibility index (Phi) is 2.81. The van der Waals surface area contributed by atoms with Gasteiger partial charge in [0.2, 0.25) is 0 Å². The van der Waals surface area contributed by atoms with Gasteiger partial charge in [0, 0.05) is 12.5 Å². The van der Waals surface area contributed by atoms with Crippen LogP contribution in [0.5, 0.6) is 0 Å². The van der Waals surface area contributed by atoms with Gasteiger partial charge in [0.1, 0.15) is 5.82 Å². The first kappa shape index (κ1) is 10.9. The van der Waals surface area contributed by atoms with E-state index in [2.05, 4.69) is 23.9 Å². The molecular weight excluding hydrogens is 202 g/mol. The lowest BCUT2D eigenvalue weighted by atomic mass is 10.0.